The summed E-state index contributed by atoms with van der Waals surface area (Å²) >= 11 is 0. The molecule has 2 aliphatic heterocycles. The average molecular weight is 497 g/mol. The number of carbonyl (C=O) groups is 2. The summed E-state index contributed by atoms with van der Waals surface area (Å²) in [5, 5.41) is 8.98. The Hall–Kier alpha value is -3.20. The number of nitrogens with one attached hydrogen (secondary N) is 1. The predicted molar refractivity (Wildman–Crippen MR) is 136 cm³/mol. The van der Waals surface area contributed by atoms with E-state index in [1.54, 1.807) is 19.1 Å². The van der Waals surface area contributed by atoms with Crippen molar-refractivity contribution < 1.29 is 18.0 Å². The lowest BCUT2D eigenvalue weighted by molar-refractivity contribution is -0.133. The Kier molecular flexibility index (Phi) is 7.85. The molecule has 2 amide bonds. The van der Waals surface area contributed by atoms with Gasteiger partial charge in [0.1, 0.15) is 0 Å². The van der Waals surface area contributed by atoms with Crippen LogP contribution in [0.4, 0.5) is 5.69 Å². The van der Waals surface area contributed by atoms with Gasteiger partial charge in [-0.25, -0.2) is 13.4 Å². The molecular weight excluding hydrogens is 464 g/mol. The number of sulfone groups is 1. The Morgan fingerprint density at radius 1 is 0.971 bits per heavy atom. The lowest BCUT2D eigenvalue weighted by Crippen LogP contribution is -2.44. The molecule has 186 valence electrons. The maximum Gasteiger partial charge on any atom is 0.243 e. The SMILES string of the molecule is CCS(=O)(=O)c1ccc(N2CCC(NC(=O)CCC(=O)N3CCC(c4ccccc4)=N3)CC2)cc1. The number of carbonyl (C=O) groups excluding carboxylic acids is 2. The number of anilines is 1. The number of benzene rings is 2. The molecule has 1 N–H and O–H groups in total. The Morgan fingerprint density at radius 2 is 1.66 bits per heavy atom. The first-order valence-electron chi connectivity index (χ1n) is 12.2. The van der Waals surface area contributed by atoms with Crippen LogP contribution >= 0.6 is 0 Å². The van der Waals surface area contributed by atoms with Crippen LogP contribution in [0.1, 0.15) is 44.6 Å². The van der Waals surface area contributed by atoms with Crippen molar-refractivity contribution in [3.63, 3.8) is 0 Å². The van der Waals surface area contributed by atoms with Gasteiger partial charge in [0.05, 0.1) is 22.9 Å². The van der Waals surface area contributed by atoms with Gasteiger partial charge >= 0.3 is 0 Å². The van der Waals surface area contributed by atoms with Crippen molar-refractivity contribution in [3.05, 3.63) is 60.2 Å². The van der Waals surface area contributed by atoms with Gasteiger partial charge in [-0.15, -0.1) is 0 Å². The van der Waals surface area contributed by atoms with E-state index in [2.05, 4.69) is 15.3 Å². The first kappa shape index (κ1) is 24.9. The third kappa shape index (κ3) is 6.28. The van der Waals surface area contributed by atoms with Crippen LogP contribution in [0.2, 0.25) is 0 Å². The predicted octanol–water partition coefficient (Wildman–Crippen LogP) is 2.98. The number of hydrazone groups is 1. The Morgan fingerprint density at radius 3 is 2.31 bits per heavy atom. The van der Waals surface area contributed by atoms with Crippen molar-refractivity contribution in [1.82, 2.24) is 10.3 Å². The number of amides is 2. The summed E-state index contributed by atoms with van der Waals surface area (Å²) in [6.07, 6.45) is 2.61. The van der Waals surface area contributed by atoms with Gasteiger partial charge in [-0.2, -0.15) is 5.10 Å². The monoisotopic (exact) mass is 496 g/mol. The van der Waals surface area contributed by atoms with E-state index < -0.39 is 9.84 Å². The number of piperidine rings is 1. The number of rotatable bonds is 8. The van der Waals surface area contributed by atoms with E-state index >= 15 is 0 Å². The molecule has 0 atom stereocenters. The molecule has 0 unspecified atom stereocenters. The summed E-state index contributed by atoms with van der Waals surface area (Å²) in [6, 6.07) is 16.9. The molecule has 2 heterocycles. The summed E-state index contributed by atoms with van der Waals surface area (Å²) in [5.74, 6) is -0.157. The first-order valence-corrected chi connectivity index (χ1v) is 13.8. The normalized spacial score (nSPS) is 16.8. The molecule has 4 rings (SSSR count). The van der Waals surface area contributed by atoms with E-state index in [1.807, 2.05) is 42.5 Å². The number of hydrogen-bond donors (Lipinski definition) is 1. The topological polar surface area (TPSA) is 99.2 Å². The van der Waals surface area contributed by atoms with Crippen molar-refractivity contribution in [2.45, 2.75) is 50.0 Å². The number of nitrogens with zero attached hydrogens (tertiary/aromatic N) is 3. The van der Waals surface area contributed by atoms with E-state index in [0.717, 1.165) is 49.3 Å². The van der Waals surface area contributed by atoms with Crippen molar-refractivity contribution in [3.8, 4) is 0 Å². The molecule has 0 aromatic heterocycles. The van der Waals surface area contributed by atoms with Crippen molar-refractivity contribution in [2.75, 3.05) is 30.3 Å². The molecule has 9 heteroatoms. The smallest absolute Gasteiger partial charge is 0.243 e. The second-order valence-electron chi connectivity index (χ2n) is 8.91. The van der Waals surface area contributed by atoms with Crippen LogP contribution in [0, 0.1) is 0 Å². The van der Waals surface area contributed by atoms with Gasteiger partial charge in [-0.05, 0) is 42.7 Å². The Labute approximate surface area is 206 Å². The van der Waals surface area contributed by atoms with E-state index in [4.69, 9.17) is 0 Å². The molecule has 0 bridgehead atoms. The van der Waals surface area contributed by atoms with Crippen LogP contribution in [0.15, 0.2) is 64.6 Å². The zero-order valence-electron chi connectivity index (χ0n) is 20.0. The third-order valence-electron chi connectivity index (χ3n) is 6.56. The second kappa shape index (κ2) is 11.0. The Balaban J connectivity index is 1.20. The van der Waals surface area contributed by atoms with Gasteiger partial charge < -0.3 is 10.2 Å². The van der Waals surface area contributed by atoms with Crippen LogP contribution < -0.4 is 10.2 Å². The molecule has 2 aromatic rings. The van der Waals surface area contributed by atoms with Gasteiger partial charge in [0, 0.05) is 44.1 Å². The Bertz CT molecular complexity index is 1170. The van der Waals surface area contributed by atoms with Crippen molar-refractivity contribution in [1.29, 1.82) is 0 Å². The number of hydrogen-bond acceptors (Lipinski definition) is 6. The van der Waals surface area contributed by atoms with Crippen molar-refractivity contribution >= 4 is 33.1 Å². The summed E-state index contributed by atoms with van der Waals surface area (Å²) in [4.78, 5) is 27.5. The molecule has 0 saturated carbocycles. The highest BCUT2D eigenvalue weighted by Crippen LogP contribution is 2.23. The third-order valence-corrected chi connectivity index (χ3v) is 8.31. The fourth-order valence-electron chi connectivity index (χ4n) is 4.43. The molecule has 2 aliphatic rings. The van der Waals surface area contributed by atoms with Gasteiger partial charge in [0.25, 0.3) is 0 Å². The van der Waals surface area contributed by atoms with E-state index in [1.165, 1.54) is 5.01 Å². The summed E-state index contributed by atoms with van der Waals surface area (Å²) in [6.45, 7) is 3.73. The molecule has 2 aromatic carbocycles. The highest BCUT2D eigenvalue weighted by atomic mass is 32.2. The van der Waals surface area contributed by atoms with Crippen molar-refractivity contribution in [2.24, 2.45) is 5.10 Å². The quantitative estimate of drug-likeness (QED) is 0.606. The molecule has 1 saturated heterocycles. The standard InChI is InChI=1S/C26H32N4O4S/c1-2-35(33,34)23-10-8-22(9-11-23)29-17-14-21(15-18-29)27-25(31)12-13-26(32)30-19-16-24(28-30)20-6-4-3-5-7-20/h3-11,21H,2,12-19H2,1H3,(H,27,31). The van der Waals surface area contributed by atoms with Crippen LogP contribution in [-0.2, 0) is 19.4 Å². The second-order valence-corrected chi connectivity index (χ2v) is 11.2. The minimum atomic E-state index is -3.20. The lowest BCUT2D eigenvalue weighted by Gasteiger charge is -2.34. The summed E-state index contributed by atoms with van der Waals surface area (Å²) in [5.41, 5.74) is 2.90. The highest BCUT2D eigenvalue weighted by Gasteiger charge is 2.24. The fraction of sp³-hybridized carbons (Fsp3) is 0.423. The fourth-order valence-corrected chi connectivity index (χ4v) is 5.32. The molecule has 8 nitrogen and oxygen atoms in total. The summed E-state index contributed by atoms with van der Waals surface area (Å²) in [7, 11) is -3.20. The average Bonchev–Trinajstić information content (AvgIpc) is 3.39. The summed E-state index contributed by atoms with van der Waals surface area (Å²) < 4.78 is 24.0. The van der Waals surface area contributed by atoms with E-state index in [9.17, 15) is 18.0 Å². The van der Waals surface area contributed by atoms with Crippen LogP contribution in [0.3, 0.4) is 0 Å². The molecule has 1 fully saturated rings. The molecular formula is C26H32N4O4S. The minimum absolute atomic E-state index is 0.0723. The maximum absolute atomic E-state index is 12.5. The van der Waals surface area contributed by atoms with E-state index in [-0.39, 0.29) is 36.5 Å². The molecule has 0 spiro atoms. The lowest BCUT2D eigenvalue weighted by atomic mass is 10.0. The highest BCUT2D eigenvalue weighted by molar-refractivity contribution is 7.91. The van der Waals surface area contributed by atoms with Gasteiger partial charge in [0.2, 0.25) is 11.8 Å². The molecule has 35 heavy (non-hydrogen) atoms. The van der Waals surface area contributed by atoms with Crippen LogP contribution in [-0.4, -0.2) is 62.4 Å². The minimum Gasteiger partial charge on any atom is -0.371 e. The maximum atomic E-state index is 12.5. The van der Waals surface area contributed by atoms with Gasteiger partial charge in [0.15, 0.2) is 9.84 Å². The van der Waals surface area contributed by atoms with Gasteiger partial charge in [-0.3, -0.25) is 9.59 Å². The molecule has 0 aliphatic carbocycles. The zero-order valence-corrected chi connectivity index (χ0v) is 20.8. The van der Waals surface area contributed by atoms with Crippen LogP contribution in [0.25, 0.3) is 0 Å². The zero-order chi connectivity index (χ0) is 24.8. The molecule has 0 radical (unpaired) electrons. The first-order chi connectivity index (χ1) is 16.9. The van der Waals surface area contributed by atoms with Gasteiger partial charge in [-0.1, -0.05) is 37.3 Å². The van der Waals surface area contributed by atoms with Crippen LogP contribution in [0.5, 0.6) is 0 Å². The van der Waals surface area contributed by atoms with E-state index in [0.29, 0.717) is 11.4 Å². The largest absolute Gasteiger partial charge is 0.371 e.